The quantitative estimate of drug-likeness (QED) is 0.826. The molecular weight excluding hydrogens is 226 g/mol. The van der Waals surface area contributed by atoms with Crippen LogP contribution in [0.15, 0.2) is 35.8 Å². The molecule has 4 heteroatoms. The summed E-state index contributed by atoms with van der Waals surface area (Å²) in [4.78, 5) is 17.5. The van der Waals surface area contributed by atoms with Crippen LogP contribution in [0.2, 0.25) is 0 Å². The van der Waals surface area contributed by atoms with Crippen molar-refractivity contribution in [3.05, 3.63) is 42.0 Å². The molecule has 18 heavy (non-hydrogen) atoms. The van der Waals surface area contributed by atoms with Crippen molar-refractivity contribution in [3.8, 4) is 0 Å². The summed E-state index contributed by atoms with van der Waals surface area (Å²) in [6, 6.07) is 6.03. The Morgan fingerprint density at radius 1 is 1.50 bits per heavy atom. The molecule has 0 spiro atoms. The summed E-state index contributed by atoms with van der Waals surface area (Å²) in [5.74, 6) is 0.608. The van der Waals surface area contributed by atoms with Crippen LogP contribution in [-0.2, 0) is 4.79 Å². The number of guanidine groups is 1. The molecule has 0 radical (unpaired) electrons. The summed E-state index contributed by atoms with van der Waals surface area (Å²) in [5.41, 5.74) is 3.36. The van der Waals surface area contributed by atoms with Gasteiger partial charge in [-0.1, -0.05) is 18.2 Å². The Morgan fingerprint density at radius 2 is 2.28 bits per heavy atom. The third-order valence-electron chi connectivity index (χ3n) is 3.08. The molecule has 1 aromatic carbocycles. The van der Waals surface area contributed by atoms with E-state index in [1.807, 2.05) is 19.1 Å². The van der Waals surface area contributed by atoms with E-state index in [9.17, 15) is 4.79 Å². The first-order valence-corrected chi connectivity index (χ1v) is 5.92. The standard InChI is InChI=1S/C14H17N3O/c1-4-8-17-13(18)9-15-14(17)16-12-7-5-6-10(2)11(12)3/h4-7H,1,8-9H2,2-3H3,(H,15,16). The Hall–Kier alpha value is -2.10. The van der Waals surface area contributed by atoms with Crippen LogP contribution in [0.1, 0.15) is 11.1 Å². The number of nitrogens with one attached hydrogen (secondary N) is 1. The van der Waals surface area contributed by atoms with Gasteiger partial charge in [-0.15, -0.1) is 6.58 Å². The molecule has 0 aliphatic carbocycles. The molecular formula is C14H17N3O. The smallest absolute Gasteiger partial charge is 0.251 e. The number of aryl methyl sites for hydroxylation is 1. The minimum atomic E-state index is 0.00251. The summed E-state index contributed by atoms with van der Waals surface area (Å²) in [6.07, 6.45) is 1.70. The van der Waals surface area contributed by atoms with Gasteiger partial charge in [-0.05, 0) is 31.0 Å². The maximum Gasteiger partial charge on any atom is 0.251 e. The van der Waals surface area contributed by atoms with E-state index in [1.54, 1.807) is 11.0 Å². The van der Waals surface area contributed by atoms with Crippen LogP contribution in [0.4, 0.5) is 5.69 Å². The highest BCUT2D eigenvalue weighted by Crippen LogP contribution is 2.19. The zero-order valence-electron chi connectivity index (χ0n) is 10.7. The van der Waals surface area contributed by atoms with Crippen LogP contribution < -0.4 is 5.32 Å². The van der Waals surface area contributed by atoms with Crippen molar-refractivity contribution in [3.63, 3.8) is 0 Å². The fourth-order valence-corrected chi connectivity index (χ4v) is 1.86. The van der Waals surface area contributed by atoms with Crippen LogP contribution in [0.3, 0.4) is 0 Å². The molecule has 94 valence electrons. The van der Waals surface area contributed by atoms with Crippen molar-refractivity contribution in [2.45, 2.75) is 13.8 Å². The summed E-state index contributed by atoms with van der Waals surface area (Å²) < 4.78 is 0. The van der Waals surface area contributed by atoms with Gasteiger partial charge < -0.3 is 5.32 Å². The lowest BCUT2D eigenvalue weighted by Crippen LogP contribution is -2.37. The molecule has 1 aliphatic heterocycles. The van der Waals surface area contributed by atoms with Gasteiger partial charge in [0.15, 0.2) is 0 Å². The summed E-state index contributed by atoms with van der Waals surface area (Å²) in [6.45, 7) is 8.45. The molecule has 1 N–H and O–H groups in total. The van der Waals surface area contributed by atoms with Crippen LogP contribution in [0, 0.1) is 13.8 Å². The number of carbonyl (C=O) groups excluding carboxylic acids is 1. The minimum absolute atomic E-state index is 0.00251. The Bertz CT molecular complexity index is 520. The highest BCUT2D eigenvalue weighted by atomic mass is 16.2. The van der Waals surface area contributed by atoms with Crippen molar-refractivity contribution in [2.24, 2.45) is 4.99 Å². The second-order valence-corrected chi connectivity index (χ2v) is 4.31. The fraction of sp³-hybridized carbons (Fsp3) is 0.286. The largest absolute Gasteiger partial charge is 0.326 e. The van der Waals surface area contributed by atoms with E-state index in [0.29, 0.717) is 12.5 Å². The van der Waals surface area contributed by atoms with Gasteiger partial charge >= 0.3 is 0 Å². The zero-order valence-corrected chi connectivity index (χ0v) is 10.7. The fourth-order valence-electron chi connectivity index (χ4n) is 1.86. The predicted molar refractivity (Wildman–Crippen MR) is 73.8 cm³/mol. The van der Waals surface area contributed by atoms with Gasteiger partial charge in [-0.2, -0.15) is 0 Å². The van der Waals surface area contributed by atoms with Crippen molar-refractivity contribution in [2.75, 3.05) is 18.4 Å². The van der Waals surface area contributed by atoms with Gasteiger partial charge in [-0.3, -0.25) is 9.69 Å². The lowest BCUT2D eigenvalue weighted by atomic mass is 10.1. The normalized spacial score (nSPS) is 14.7. The van der Waals surface area contributed by atoms with Gasteiger partial charge in [-0.25, -0.2) is 4.99 Å². The second kappa shape index (κ2) is 5.04. The van der Waals surface area contributed by atoms with E-state index in [0.717, 1.165) is 11.3 Å². The van der Waals surface area contributed by atoms with Crippen molar-refractivity contribution >= 4 is 17.6 Å². The summed E-state index contributed by atoms with van der Waals surface area (Å²) in [7, 11) is 0. The first kappa shape index (κ1) is 12.4. The molecule has 0 aromatic heterocycles. The topological polar surface area (TPSA) is 44.7 Å². The molecule has 2 rings (SSSR count). The molecule has 0 fully saturated rings. The first-order chi connectivity index (χ1) is 8.63. The van der Waals surface area contributed by atoms with Crippen LogP contribution in [-0.4, -0.2) is 29.9 Å². The lowest BCUT2D eigenvalue weighted by Gasteiger charge is -2.19. The number of anilines is 1. The van der Waals surface area contributed by atoms with Crippen LogP contribution in [0.5, 0.6) is 0 Å². The van der Waals surface area contributed by atoms with Gasteiger partial charge in [0.2, 0.25) is 5.96 Å². The van der Waals surface area contributed by atoms with Crippen LogP contribution in [0.25, 0.3) is 0 Å². The zero-order chi connectivity index (χ0) is 13.1. The third-order valence-corrected chi connectivity index (χ3v) is 3.08. The number of hydrogen-bond donors (Lipinski definition) is 1. The average molecular weight is 243 g/mol. The minimum Gasteiger partial charge on any atom is -0.326 e. The monoisotopic (exact) mass is 243 g/mol. The third kappa shape index (κ3) is 2.27. The molecule has 0 unspecified atom stereocenters. The highest BCUT2D eigenvalue weighted by Gasteiger charge is 2.24. The Morgan fingerprint density at radius 3 is 3.00 bits per heavy atom. The molecule has 1 aromatic rings. The maximum atomic E-state index is 11.6. The molecule has 0 saturated heterocycles. The average Bonchev–Trinajstić information content (AvgIpc) is 2.68. The van der Waals surface area contributed by atoms with Gasteiger partial charge in [0, 0.05) is 12.2 Å². The van der Waals surface area contributed by atoms with Crippen molar-refractivity contribution < 1.29 is 4.79 Å². The van der Waals surface area contributed by atoms with Crippen LogP contribution >= 0.6 is 0 Å². The molecule has 0 bridgehead atoms. The van der Waals surface area contributed by atoms with Gasteiger partial charge in [0.05, 0.1) is 0 Å². The van der Waals surface area contributed by atoms with E-state index in [2.05, 4.69) is 29.9 Å². The number of nitrogens with zero attached hydrogens (tertiary/aromatic N) is 2. The molecule has 1 amide bonds. The number of amides is 1. The predicted octanol–water partition coefficient (Wildman–Crippen LogP) is 2.10. The second-order valence-electron chi connectivity index (χ2n) is 4.31. The van der Waals surface area contributed by atoms with E-state index in [1.165, 1.54) is 5.56 Å². The van der Waals surface area contributed by atoms with E-state index in [4.69, 9.17) is 0 Å². The molecule has 0 atom stereocenters. The number of benzene rings is 1. The lowest BCUT2D eigenvalue weighted by molar-refractivity contribution is -0.124. The van der Waals surface area contributed by atoms with Gasteiger partial charge in [0.25, 0.3) is 5.91 Å². The van der Waals surface area contributed by atoms with E-state index in [-0.39, 0.29) is 12.5 Å². The number of carbonyl (C=O) groups is 1. The Balaban J connectivity index is 2.21. The number of hydrogen-bond acceptors (Lipinski definition) is 3. The van der Waals surface area contributed by atoms with Crippen molar-refractivity contribution in [1.82, 2.24) is 4.90 Å². The SMILES string of the molecule is C=CCN1C(=O)CN=C1Nc1cccc(C)c1C. The summed E-state index contributed by atoms with van der Waals surface area (Å²) >= 11 is 0. The Kier molecular flexibility index (Phi) is 3.46. The molecule has 4 nitrogen and oxygen atoms in total. The van der Waals surface area contributed by atoms with E-state index < -0.39 is 0 Å². The molecule has 1 aliphatic rings. The Labute approximate surface area is 107 Å². The van der Waals surface area contributed by atoms with Gasteiger partial charge in [0.1, 0.15) is 6.54 Å². The molecule has 0 saturated carbocycles. The summed E-state index contributed by atoms with van der Waals surface area (Å²) in [5, 5.41) is 3.22. The van der Waals surface area contributed by atoms with E-state index >= 15 is 0 Å². The maximum absolute atomic E-state index is 11.6. The number of aliphatic imine (C=N–C) groups is 1. The highest BCUT2D eigenvalue weighted by molar-refractivity contribution is 6.09. The van der Waals surface area contributed by atoms with Crippen molar-refractivity contribution in [1.29, 1.82) is 0 Å². The molecule has 1 heterocycles. The number of rotatable bonds is 3. The first-order valence-electron chi connectivity index (χ1n) is 5.92.